The topological polar surface area (TPSA) is 63.3 Å². The molecule has 3 N–H and O–H groups in total. The number of aliphatic imine (C=N–C) groups is 1. The maximum Gasteiger partial charge on any atom is 0.189 e. The van der Waals surface area contributed by atoms with E-state index in [1.54, 1.807) is 12.4 Å². The molecular formula is C12H20N4. The average molecular weight is 220 g/mol. The summed E-state index contributed by atoms with van der Waals surface area (Å²) < 4.78 is 0. The first kappa shape index (κ1) is 12.5. The molecule has 1 aromatic rings. The lowest BCUT2D eigenvalue weighted by molar-refractivity contribution is 0.507. The zero-order valence-corrected chi connectivity index (χ0v) is 10.4. The van der Waals surface area contributed by atoms with Crippen LogP contribution >= 0.6 is 0 Å². The summed E-state index contributed by atoms with van der Waals surface area (Å²) in [5.74, 6) is 0.462. The number of nitrogens with one attached hydrogen (secondary N) is 1. The summed E-state index contributed by atoms with van der Waals surface area (Å²) in [6.45, 7) is 8.13. The van der Waals surface area contributed by atoms with E-state index in [1.807, 2.05) is 39.8 Å². The fourth-order valence-corrected chi connectivity index (χ4v) is 1.32. The molecule has 0 aliphatic carbocycles. The van der Waals surface area contributed by atoms with Gasteiger partial charge in [0.1, 0.15) is 0 Å². The summed E-state index contributed by atoms with van der Waals surface area (Å²) in [4.78, 5) is 8.43. The van der Waals surface area contributed by atoms with Crippen LogP contribution in [0.15, 0.2) is 29.5 Å². The monoisotopic (exact) mass is 220 g/mol. The summed E-state index contributed by atoms with van der Waals surface area (Å²) in [6, 6.07) is 3.91. The highest BCUT2D eigenvalue weighted by Gasteiger charge is 2.11. The van der Waals surface area contributed by atoms with Crippen LogP contribution in [0.3, 0.4) is 0 Å². The Morgan fingerprint density at radius 1 is 1.50 bits per heavy atom. The van der Waals surface area contributed by atoms with Gasteiger partial charge in [-0.25, -0.2) is 4.99 Å². The number of hydrogen-bond donors (Lipinski definition) is 2. The molecule has 0 aromatic carbocycles. The van der Waals surface area contributed by atoms with Gasteiger partial charge in [-0.1, -0.05) is 6.07 Å². The van der Waals surface area contributed by atoms with Gasteiger partial charge in [0.15, 0.2) is 5.96 Å². The molecule has 0 amide bonds. The highest BCUT2D eigenvalue weighted by molar-refractivity contribution is 5.78. The predicted octanol–water partition coefficient (Wildman–Crippen LogP) is 1.85. The van der Waals surface area contributed by atoms with Crippen molar-refractivity contribution in [2.24, 2.45) is 10.7 Å². The number of pyridine rings is 1. The van der Waals surface area contributed by atoms with Gasteiger partial charge in [-0.05, 0) is 39.3 Å². The number of hydrogen-bond acceptors (Lipinski definition) is 2. The largest absolute Gasteiger partial charge is 0.370 e. The molecule has 1 unspecified atom stereocenters. The highest BCUT2D eigenvalue weighted by atomic mass is 15.1. The molecule has 0 aliphatic heterocycles. The smallest absolute Gasteiger partial charge is 0.189 e. The van der Waals surface area contributed by atoms with E-state index in [-0.39, 0.29) is 11.6 Å². The maximum absolute atomic E-state index is 5.82. The van der Waals surface area contributed by atoms with E-state index >= 15 is 0 Å². The van der Waals surface area contributed by atoms with E-state index in [0.717, 1.165) is 5.56 Å². The highest BCUT2D eigenvalue weighted by Crippen LogP contribution is 2.14. The van der Waals surface area contributed by atoms with Crippen LogP contribution in [0.2, 0.25) is 0 Å². The zero-order chi connectivity index (χ0) is 12.2. The minimum absolute atomic E-state index is 0.0172. The number of aromatic nitrogens is 1. The van der Waals surface area contributed by atoms with E-state index in [0.29, 0.717) is 5.96 Å². The minimum atomic E-state index is -0.0672. The van der Waals surface area contributed by atoms with Gasteiger partial charge >= 0.3 is 0 Å². The third kappa shape index (κ3) is 4.29. The molecule has 1 rings (SSSR count). The van der Waals surface area contributed by atoms with Gasteiger partial charge in [-0.2, -0.15) is 0 Å². The first-order valence-corrected chi connectivity index (χ1v) is 5.40. The Hall–Kier alpha value is -1.58. The molecule has 0 saturated heterocycles. The van der Waals surface area contributed by atoms with Gasteiger partial charge in [0.2, 0.25) is 0 Å². The van der Waals surface area contributed by atoms with E-state index < -0.39 is 0 Å². The Morgan fingerprint density at radius 3 is 2.69 bits per heavy atom. The summed E-state index contributed by atoms with van der Waals surface area (Å²) in [6.07, 6.45) is 3.55. The summed E-state index contributed by atoms with van der Waals surface area (Å²) >= 11 is 0. The van der Waals surface area contributed by atoms with Crippen LogP contribution in [-0.2, 0) is 0 Å². The zero-order valence-electron chi connectivity index (χ0n) is 10.4. The van der Waals surface area contributed by atoms with Crippen molar-refractivity contribution in [2.45, 2.75) is 39.3 Å². The lowest BCUT2D eigenvalue weighted by Gasteiger charge is -2.21. The van der Waals surface area contributed by atoms with E-state index in [2.05, 4.69) is 15.3 Å². The molecule has 0 fully saturated rings. The van der Waals surface area contributed by atoms with Crippen molar-refractivity contribution in [3.05, 3.63) is 30.1 Å². The molecule has 0 aliphatic rings. The second kappa shape index (κ2) is 4.96. The fraction of sp³-hybridized carbons (Fsp3) is 0.500. The molecule has 1 heterocycles. The Bertz CT molecular complexity index is 351. The quantitative estimate of drug-likeness (QED) is 0.590. The van der Waals surface area contributed by atoms with Gasteiger partial charge in [0.05, 0.1) is 6.04 Å². The molecule has 1 aromatic heterocycles. The van der Waals surface area contributed by atoms with Gasteiger partial charge in [-0.3, -0.25) is 4.98 Å². The van der Waals surface area contributed by atoms with Crippen molar-refractivity contribution in [1.29, 1.82) is 0 Å². The standard InChI is InChI=1S/C12H20N4/c1-9(10-6-5-7-14-8-10)15-11(13)16-12(2,3)4/h5-9H,1-4H3,(H3,13,15,16). The third-order valence-corrected chi connectivity index (χ3v) is 2.00. The lowest BCUT2D eigenvalue weighted by Crippen LogP contribution is -2.45. The molecule has 1 atom stereocenters. The van der Waals surface area contributed by atoms with E-state index in [1.165, 1.54) is 0 Å². The molecule has 0 saturated carbocycles. The predicted molar refractivity (Wildman–Crippen MR) is 67.2 cm³/mol. The third-order valence-electron chi connectivity index (χ3n) is 2.00. The normalized spacial score (nSPS) is 14.6. The van der Waals surface area contributed by atoms with Gasteiger partial charge in [-0.15, -0.1) is 0 Å². The first-order valence-electron chi connectivity index (χ1n) is 5.40. The molecule has 0 bridgehead atoms. The molecule has 88 valence electrons. The van der Waals surface area contributed by atoms with Crippen molar-refractivity contribution in [3.8, 4) is 0 Å². The number of nitrogens with zero attached hydrogens (tertiary/aromatic N) is 2. The Balaban J connectivity index is 2.70. The lowest BCUT2D eigenvalue weighted by atomic mass is 10.1. The first-order chi connectivity index (χ1) is 7.38. The van der Waals surface area contributed by atoms with Crippen LogP contribution in [0.25, 0.3) is 0 Å². The number of rotatable bonds is 2. The van der Waals surface area contributed by atoms with Crippen LogP contribution < -0.4 is 11.1 Å². The SMILES string of the molecule is CC(N=C(N)NC(C)(C)C)c1cccnc1. The average Bonchev–Trinajstić information content (AvgIpc) is 2.16. The summed E-state index contributed by atoms with van der Waals surface area (Å²) in [5, 5.41) is 3.13. The summed E-state index contributed by atoms with van der Waals surface area (Å²) in [5.41, 5.74) is 6.81. The van der Waals surface area contributed by atoms with E-state index in [4.69, 9.17) is 5.73 Å². The van der Waals surface area contributed by atoms with Crippen LogP contribution in [-0.4, -0.2) is 16.5 Å². The van der Waals surface area contributed by atoms with Crippen LogP contribution in [0, 0.1) is 0 Å². The van der Waals surface area contributed by atoms with Crippen molar-refractivity contribution in [1.82, 2.24) is 10.3 Å². The second-order valence-corrected chi connectivity index (χ2v) is 4.85. The van der Waals surface area contributed by atoms with Crippen LogP contribution in [0.4, 0.5) is 0 Å². The molecule has 0 radical (unpaired) electrons. The van der Waals surface area contributed by atoms with Gasteiger partial charge < -0.3 is 11.1 Å². The molecule has 0 spiro atoms. The van der Waals surface area contributed by atoms with Crippen LogP contribution in [0.1, 0.15) is 39.3 Å². The maximum atomic E-state index is 5.82. The fourth-order valence-electron chi connectivity index (χ4n) is 1.32. The van der Waals surface area contributed by atoms with Crippen LogP contribution in [0.5, 0.6) is 0 Å². The molecule has 4 heteroatoms. The molecule has 4 nitrogen and oxygen atoms in total. The molecular weight excluding hydrogens is 200 g/mol. The van der Waals surface area contributed by atoms with Gasteiger partial charge in [0, 0.05) is 17.9 Å². The van der Waals surface area contributed by atoms with Crippen molar-refractivity contribution in [3.63, 3.8) is 0 Å². The summed E-state index contributed by atoms with van der Waals surface area (Å²) in [7, 11) is 0. The van der Waals surface area contributed by atoms with Gasteiger partial charge in [0.25, 0.3) is 0 Å². The van der Waals surface area contributed by atoms with Crippen molar-refractivity contribution < 1.29 is 0 Å². The molecule has 16 heavy (non-hydrogen) atoms. The number of guanidine groups is 1. The Labute approximate surface area is 97.0 Å². The van der Waals surface area contributed by atoms with Crippen molar-refractivity contribution >= 4 is 5.96 Å². The number of nitrogens with two attached hydrogens (primary N) is 1. The van der Waals surface area contributed by atoms with Crippen molar-refractivity contribution in [2.75, 3.05) is 0 Å². The van der Waals surface area contributed by atoms with E-state index in [9.17, 15) is 0 Å². The Kier molecular flexibility index (Phi) is 3.88. The second-order valence-electron chi connectivity index (χ2n) is 4.85. The minimum Gasteiger partial charge on any atom is -0.370 e. The Morgan fingerprint density at radius 2 is 2.19 bits per heavy atom.